The second-order valence-electron chi connectivity index (χ2n) is 12.6. The molecular weight excluding hydrogens is 630 g/mol. The fourth-order valence-electron chi connectivity index (χ4n) is 5.65. The average Bonchev–Trinajstić information content (AvgIpc) is 3.69. The number of carbonyl (C=O) groups excluding carboxylic acids is 2. The lowest BCUT2D eigenvalue weighted by Crippen LogP contribution is -2.43. The number of allylic oxidation sites excluding steroid dienone is 3. The van der Waals surface area contributed by atoms with Crippen LogP contribution in [0.25, 0.3) is 0 Å². The van der Waals surface area contributed by atoms with Crippen LogP contribution in [0.2, 0.25) is 5.02 Å². The second-order valence-corrected chi connectivity index (χ2v) is 14.1. The predicted molar refractivity (Wildman–Crippen MR) is 185 cm³/mol. The number of carbonyl (C=O) groups is 2. The summed E-state index contributed by atoms with van der Waals surface area (Å²) >= 11 is 8.11. The first-order chi connectivity index (χ1) is 21.8. The smallest absolute Gasteiger partial charge is 0.229 e. The summed E-state index contributed by atoms with van der Waals surface area (Å²) in [5.74, 6) is 0.323. The molecule has 0 radical (unpaired) electrons. The minimum absolute atomic E-state index is 0.0400. The van der Waals surface area contributed by atoms with Crippen molar-refractivity contribution in [1.82, 2.24) is 10.2 Å². The third-order valence-corrected chi connectivity index (χ3v) is 10.5. The Kier molecular flexibility index (Phi) is 14.4. The van der Waals surface area contributed by atoms with Crippen molar-refractivity contribution in [2.45, 2.75) is 108 Å². The molecule has 258 valence electrons. The summed E-state index contributed by atoms with van der Waals surface area (Å²) in [4.78, 5) is 29.3. The third kappa shape index (κ3) is 9.71. The largest absolute Gasteiger partial charge is 0.495 e. The van der Waals surface area contributed by atoms with Gasteiger partial charge in [0, 0.05) is 45.8 Å². The van der Waals surface area contributed by atoms with Crippen molar-refractivity contribution in [3.05, 3.63) is 46.5 Å². The molecule has 1 aromatic rings. The molecule has 1 saturated heterocycles. The molecule has 2 heterocycles. The van der Waals surface area contributed by atoms with Gasteiger partial charge in [-0.15, -0.1) is 0 Å². The van der Waals surface area contributed by atoms with Gasteiger partial charge in [-0.1, -0.05) is 35.4 Å². The molecule has 10 nitrogen and oxygen atoms in total. The number of nitrogens with one attached hydrogen (secondary N) is 1. The van der Waals surface area contributed by atoms with E-state index in [0.717, 1.165) is 11.1 Å². The van der Waals surface area contributed by atoms with Crippen LogP contribution < -0.4 is 15.0 Å². The highest BCUT2D eigenvalue weighted by molar-refractivity contribution is 7.95. The van der Waals surface area contributed by atoms with Crippen LogP contribution >= 0.6 is 23.6 Å². The molecular formula is C34H52ClN3O7S. The predicted octanol–water partition coefficient (Wildman–Crippen LogP) is 5.56. The van der Waals surface area contributed by atoms with E-state index in [9.17, 15) is 9.59 Å². The molecule has 7 unspecified atom stereocenters. The minimum atomic E-state index is -0.738. The Morgan fingerprint density at radius 1 is 1.20 bits per heavy atom. The molecule has 1 N–H and O–H groups in total. The lowest BCUT2D eigenvalue weighted by molar-refractivity contribution is -0.120. The van der Waals surface area contributed by atoms with Crippen LogP contribution in [-0.4, -0.2) is 100 Å². The van der Waals surface area contributed by atoms with E-state index in [2.05, 4.69) is 31.0 Å². The number of epoxide rings is 1. The first kappa shape index (κ1) is 38.3. The van der Waals surface area contributed by atoms with E-state index in [1.165, 1.54) is 12.0 Å². The molecule has 1 fully saturated rings. The Hall–Kier alpha value is -2.12. The summed E-state index contributed by atoms with van der Waals surface area (Å²) in [5, 5.41) is 3.32. The molecule has 2 bridgehead atoms. The van der Waals surface area contributed by atoms with Gasteiger partial charge in [-0.25, -0.2) is 0 Å². The Balaban J connectivity index is 2.04. The lowest BCUT2D eigenvalue weighted by Gasteiger charge is -2.30. The topological polar surface area (TPSA) is 102 Å². The summed E-state index contributed by atoms with van der Waals surface area (Å²) in [6, 6.07) is 3.79. The summed E-state index contributed by atoms with van der Waals surface area (Å²) < 4.78 is 30.1. The van der Waals surface area contributed by atoms with Gasteiger partial charge in [0.25, 0.3) is 0 Å². The third-order valence-electron chi connectivity index (χ3n) is 9.15. The number of hydrogen-bond acceptors (Lipinski definition) is 9. The zero-order valence-electron chi connectivity index (χ0n) is 28.9. The maximum absolute atomic E-state index is 14.0. The molecule has 2 aliphatic heterocycles. The standard InChI is InChI=1S/C34H52ClN3O7S/c1-21(2)37(6)23(4)46-45-31-19-32(40)38(7)27-15-24(16-29(43-10)33(27)35)14-22(3)12-11-13-28(42-9)26(36-20-39)17-25(41-8)18-30-34(31,5)44-30/h11-13,15-16,20-21,23,25-26,28,30-31H,14,17-19H2,1-10H3,(H,36,39)/b13-11-,22-12+. The molecule has 0 spiro atoms. The quantitative estimate of drug-likeness (QED) is 0.147. The molecule has 3 rings (SSSR count). The van der Waals surface area contributed by atoms with Crippen LogP contribution in [0, 0.1) is 0 Å². The van der Waals surface area contributed by atoms with Crippen LogP contribution in [0.3, 0.4) is 0 Å². The minimum Gasteiger partial charge on any atom is -0.495 e. The average molecular weight is 682 g/mol. The van der Waals surface area contributed by atoms with Gasteiger partial charge in [0.1, 0.15) is 22.5 Å². The number of fused-ring (bicyclic) bond motifs is 3. The van der Waals surface area contributed by atoms with Crippen molar-refractivity contribution in [1.29, 1.82) is 0 Å². The van der Waals surface area contributed by atoms with Crippen LogP contribution in [-0.2, 0) is 34.4 Å². The number of amides is 2. The van der Waals surface area contributed by atoms with Crippen LogP contribution in [0.5, 0.6) is 5.75 Å². The van der Waals surface area contributed by atoms with Gasteiger partial charge in [0.15, 0.2) is 0 Å². The molecule has 12 heteroatoms. The summed E-state index contributed by atoms with van der Waals surface area (Å²) in [5.41, 5.74) is 1.83. The summed E-state index contributed by atoms with van der Waals surface area (Å²) in [6.45, 7) is 10.3. The molecule has 0 aliphatic carbocycles. The number of hydrogen-bond donors (Lipinski definition) is 1. The number of rotatable bonds is 10. The maximum Gasteiger partial charge on any atom is 0.229 e. The maximum atomic E-state index is 14.0. The highest BCUT2D eigenvalue weighted by atomic mass is 35.5. The molecule has 2 amide bonds. The number of anilines is 1. The van der Waals surface area contributed by atoms with Crippen molar-refractivity contribution < 1.29 is 32.7 Å². The van der Waals surface area contributed by atoms with Gasteiger partial charge >= 0.3 is 0 Å². The Morgan fingerprint density at radius 2 is 1.91 bits per heavy atom. The van der Waals surface area contributed by atoms with Crippen LogP contribution in [0.15, 0.2) is 35.9 Å². The van der Waals surface area contributed by atoms with E-state index in [1.54, 1.807) is 33.3 Å². The lowest BCUT2D eigenvalue weighted by atomic mass is 9.92. The van der Waals surface area contributed by atoms with Crippen molar-refractivity contribution in [2.24, 2.45) is 0 Å². The molecule has 2 aliphatic rings. The Bertz CT molecular complexity index is 1250. The normalized spacial score (nSPS) is 30.4. The molecule has 0 saturated carbocycles. The first-order valence-corrected chi connectivity index (χ1v) is 16.9. The molecule has 1 aromatic carbocycles. The number of benzene rings is 1. The van der Waals surface area contributed by atoms with Gasteiger partial charge in [0.05, 0.1) is 48.9 Å². The fraction of sp³-hybridized carbons (Fsp3) is 0.647. The van der Waals surface area contributed by atoms with Gasteiger partial charge in [-0.2, -0.15) is 0 Å². The van der Waals surface area contributed by atoms with Crippen LogP contribution in [0.1, 0.15) is 59.4 Å². The van der Waals surface area contributed by atoms with E-state index in [-0.39, 0.29) is 42.1 Å². The monoisotopic (exact) mass is 681 g/mol. The zero-order chi connectivity index (χ0) is 34.2. The van der Waals surface area contributed by atoms with Crippen molar-refractivity contribution >= 4 is 41.6 Å². The summed E-state index contributed by atoms with van der Waals surface area (Å²) in [6.07, 6.45) is 6.84. The second kappa shape index (κ2) is 17.3. The fourth-order valence-corrected chi connectivity index (χ4v) is 6.90. The highest BCUT2D eigenvalue weighted by Crippen LogP contribution is 2.47. The van der Waals surface area contributed by atoms with Crippen molar-refractivity contribution in [3.8, 4) is 5.75 Å². The van der Waals surface area contributed by atoms with Gasteiger partial charge < -0.3 is 33.3 Å². The molecule has 46 heavy (non-hydrogen) atoms. The highest BCUT2D eigenvalue weighted by Gasteiger charge is 2.59. The number of ether oxygens (including phenoxy) is 4. The number of nitrogens with zero attached hydrogens (tertiary/aromatic N) is 2. The zero-order valence-corrected chi connectivity index (χ0v) is 30.4. The van der Waals surface area contributed by atoms with Crippen LogP contribution in [0.4, 0.5) is 5.69 Å². The van der Waals surface area contributed by atoms with E-state index in [4.69, 9.17) is 34.7 Å². The molecule has 0 aromatic heterocycles. The Labute approximate surface area is 284 Å². The van der Waals surface area contributed by atoms with Gasteiger partial charge in [-0.3, -0.25) is 14.5 Å². The van der Waals surface area contributed by atoms with Gasteiger partial charge in [-0.05, 0) is 72.2 Å². The van der Waals surface area contributed by atoms with Crippen molar-refractivity contribution in [3.63, 3.8) is 0 Å². The van der Waals surface area contributed by atoms with E-state index in [0.29, 0.717) is 48.2 Å². The van der Waals surface area contributed by atoms with Gasteiger partial charge in [0.2, 0.25) is 12.3 Å². The number of methoxy groups -OCH3 is 3. The van der Waals surface area contributed by atoms with E-state index >= 15 is 0 Å². The molecule has 7 atom stereocenters. The SMILES string of the molecule is COc1cc2cc(c1Cl)N(C)C(=O)CC(OSC(C)N(C)C(C)C)C1(C)OC1CC(OC)CC(NC=O)C(OC)/C=C\C=C(/C)C2. The first-order valence-electron chi connectivity index (χ1n) is 15.7. The van der Waals surface area contributed by atoms with E-state index < -0.39 is 11.7 Å². The summed E-state index contributed by atoms with van der Waals surface area (Å²) in [7, 11) is 8.60. The number of halogens is 1. The Morgan fingerprint density at radius 3 is 2.52 bits per heavy atom. The van der Waals surface area contributed by atoms with Crippen molar-refractivity contribution in [2.75, 3.05) is 40.3 Å². The van der Waals surface area contributed by atoms with E-state index in [1.807, 2.05) is 51.3 Å².